The van der Waals surface area contributed by atoms with Gasteiger partial charge in [-0.1, -0.05) is 58.8 Å². The van der Waals surface area contributed by atoms with Crippen molar-refractivity contribution >= 4 is 0 Å². The van der Waals surface area contributed by atoms with Crippen molar-refractivity contribution in [1.82, 2.24) is 5.32 Å². The van der Waals surface area contributed by atoms with Crippen LogP contribution in [0.25, 0.3) is 0 Å². The van der Waals surface area contributed by atoms with E-state index in [4.69, 9.17) is 5.73 Å². The van der Waals surface area contributed by atoms with Crippen molar-refractivity contribution in [3.63, 3.8) is 0 Å². The van der Waals surface area contributed by atoms with Crippen LogP contribution >= 0.6 is 0 Å². The lowest BCUT2D eigenvalue weighted by Gasteiger charge is -2.15. The number of nitrogens with two attached hydrogens (primary N) is 1. The van der Waals surface area contributed by atoms with Crippen LogP contribution in [0.3, 0.4) is 0 Å². The third-order valence-corrected chi connectivity index (χ3v) is 3.78. The van der Waals surface area contributed by atoms with Crippen molar-refractivity contribution in [2.75, 3.05) is 19.6 Å². The monoisotopic (exact) mass is 256 g/mol. The van der Waals surface area contributed by atoms with Crippen LogP contribution in [0.2, 0.25) is 0 Å². The van der Waals surface area contributed by atoms with Gasteiger partial charge in [0, 0.05) is 0 Å². The second-order valence-corrected chi connectivity index (χ2v) is 5.53. The zero-order valence-corrected chi connectivity index (χ0v) is 12.8. The molecule has 0 spiro atoms. The molecule has 0 amide bonds. The van der Waals surface area contributed by atoms with E-state index >= 15 is 0 Å². The molecule has 0 saturated carbocycles. The van der Waals surface area contributed by atoms with Crippen LogP contribution in [0.5, 0.6) is 0 Å². The van der Waals surface area contributed by atoms with Crippen LogP contribution in [0, 0.1) is 5.92 Å². The summed E-state index contributed by atoms with van der Waals surface area (Å²) < 4.78 is 0. The Morgan fingerprint density at radius 2 is 1.56 bits per heavy atom. The van der Waals surface area contributed by atoms with Crippen molar-refractivity contribution in [1.29, 1.82) is 0 Å². The quantitative estimate of drug-likeness (QED) is 0.459. The van der Waals surface area contributed by atoms with Gasteiger partial charge in [-0.3, -0.25) is 0 Å². The second kappa shape index (κ2) is 15.0. The molecule has 0 aliphatic rings. The first-order valence-electron chi connectivity index (χ1n) is 8.25. The van der Waals surface area contributed by atoms with Crippen LogP contribution in [0.15, 0.2) is 0 Å². The zero-order chi connectivity index (χ0) is 13.5. The fourth-order valence-corrected chi connectivity index (χ4v) is 2.35. The molecule has 110 valence electrons. The number of unbranched alkanes of at least 4 members (excludes halogenated alkanes) is 6. The van der Waals surface area contributed by atoms with E-state index in [-0.39, 0.29) is 0 Å². The molecule has 1 unspecified atom stereocenters. The van der Waals surface area contributed by atoms with Crippen LogP contribution < -0.4 is 11.1 Å². The van der Waals surface area contributed by atoms with Crippen molar-refractivity contribution in [2.24, 2.45) is 11.7 Å². The van der Waals surface area contributed by atoms with Gasteiger partial charge in [-0.2, -0.15) is 0 Å². The van der Waals surface area contributed by atoms with Crippen molar-refractivity contribution in [3.8, 4) is 0 Å². The van der Waals surface area contributed by atoms with Crippen LogP contribution in [-0.4, -0.2) is 19.6 Å². The molecule has 0 fully saturated rings. The highest BCUT2D eigenvalue weighted by atomic mass is 14.8. The molecule has 3 N–H and O–H groups in total. The fourth-order valence-electron chi connectivity index (χ4n) is 2.35. The van der Waals surface area contributed by atoms with Crippen molar-refractivity contribution in [3.05, 3.63) is 0 Å². The van der Waals surface area contributed by atoms with Crippen molar-refractivity contribution in [2.45, 2.75) is 78.1 Å². The predicted molar refractivity (Wildman–Crippen MR) is 82.9 cm³/mol. The lowest BCUT2D eigenvalue weighted by Crippen LogP contribution is -2.23. The van der Waals surface area contributed by atoms with Gasteiger partial charge in [-0.15, -0.1) is 0 Å². The summed E-state index contributed by atoms with van der Waals surface area (Å²) in [7, 11) is 0. The average Bonchev–Trinajstić information content (AvgIpc) is 2.40. The Balaban J connectivity index is 3.17. The smallest absolute Gasteiger partial charge is 0.00206 e. The molecular weight excluding hydrogens is 220 g/mol. The van der Waals surface area contributed by atoms with E-state index < -0.39 is 0 Å². The first-order chi connectivity index (χ1) is 8.85. The van der Waals surface area contributed by atoms with Crippen molar-refractivity contribution < 1.29 is 0 Å². The standard InChI is InChI=1S/C16H36N2/c1-3-5-12-16(4-2)15-18-14-11-9-7-6-8-10-13-17/h16,18H,3-15,17H2,1-2H3. The van der Waals surface area contributed by atoms with E-state index in [9.17, 15) is 0 Å². The van der Waals surface area contributed by atoms with E-state index in [1.165, 1.54) is 77.3 Å². The maximum atomic E-state index is 5.48. The first-order valence-corrected chi connectivity index (χ1v) is 8.25. The number of nitrogens with one attached hydrogen (secondary N) is 1. The van der Waals surface area contributed by atoms with Crippen LogP contribution in [0.4, 0.5) is 0 Å². The summed E-state index contributed by atoms with van der Waals surface area (Å²) in [4.78, 5) is 0. The molecule has 0 rings (SSSR count). The number of hydrogen-bond donors (Lipinski definition) is 2. The third kappa shape index (κ3) is 12.4. The van der Waals surface area contributed by atoms with E-state index in [0.29, 0.717) is 0 Å². The molecule has 18 heavy (non-hydrogen) atoms. The van der Waals surface area contributed by atoms with Gasteiger partial charge in [0.2, 0.25) is 0 Å². The van der Waals surface area contributed by atoms with Gasteiger partial charge in [-0.05, 0) is 44.8 Å². The largest absolute Gasteiger partial charge is 0.330 e. The normalized spacial score (nSPS) is 12.8. The highest BCUT2D eigenvalue weighted by Crippen LogP contribution is 2.11. The van der Waals surface area contributed by atoms with Crippen LogP contribution in [0.1, 0.15) is 78.1 Å². The lowest BCUT2D eigenvalue weighted by molar-refractivity contribution is 0.415. The summed E-state index contributed by atoms with van der Waals surface area (Å²) in [5, 5.41) is 3.63. The Morgan fingerprint density at radius 1 is 0.889 bits per heavy atom. The molecule has 0 bridgehead atoms. The molecule has 0 aliphatic carbocycles. The van der Waals surface area contributed by atoms with E-state index in [1.54, 1.807) is 0 Å². The predicted octanol–water partition coefficient (Wildman–Crippen LogP) is 4.09. The van der Waals surface area contributed by atoms with E-state index in [2.05, 4.69) is 19.2 Å². The molecule has 0 aromatic heterocycles. The Bertz CT molecular complexity index is 148. The summed E-state index contributed by atoms with van der Waals surface area (Å²) in [5.74, 6) is 0.898. The molecule has 0 aromatic carbocycles. The molecule has 0 aliphatic heterocycles. The van der Waals surface area contributed by atoms with Gasteiger partial charge in [-0.25, -0.2) is 0 Å². The molecule has 0 radical (unpaired) electrons. The summed E-state index contributed by atoms with van der Waals surface area (Å²) in [6, 6.07) is 0. The van der Waals surface area contributed by atoms with Gasteiger partial charge in [0.05, 0.1) is 0 Å². The Kier molecular flexibility index (Phi) is 14.9. The fraction of sp³-hybridized carbons (Fsp3) is 1.00. The molecule has 0 saturated heterocycles. The molecule has 0 heterocycles. The minimum Gasteiger partial charge on any atom is -0.330 e. The van der Waals surface area contributed by atoms with E-state index in [0.717, 1.165) is 12.5 Å². The Labute approximate surface area is 115 Å². The highest BCUT2D eigenvalue weighted by molar-refractivity contribution is 4.61. The summed E-state index contributed by atoms with van der Waals surface area (Å²) in [6.07, 6.45) is 13.4. The third-order valence-electron chi connectivity index (χ3n) is 3.78. The molecule has 2 nitrogen and oxygen atoms in total. The summed E-state index contributed by atoms with van der Waals surface area (Å²) in [5.41, 5.74) is 5.48. The SMILES string of the molecule is CCCCC(CC)CNCCCCCCCCN. The maximum absolute atomic E-state index is 5.48. The highest BCUT2D eigenvalue weighted by Gasteiger charge is 2.04. The summed E-state index contributed by atoms with van der Waals surface area (Å²) in [6.45, 7) is 7.89. The number of rotatable bonds is 14. The molecule has 1 atom stereocenters. The Morgan fingerprint density at radius 3 is 2.17 bits per heavy atom. The van der Waals surface area contributed by atoms with Crippen LogP contribution in [-0.2, 0) is 0 Å². The van der Waals surface area contributed by atoms with Gasteiger partial charge in [0.1, 0.15) is 0 Å². The van der Waals surface area contributed by atoms with E-state index in [1.807, 2.05) is 0 Å². The lowest BCUT2D eigenvalue weighted by atomic mass is 9.99. The molecule has 0 aromatic rings. The second-order valence-electron chi connectivity index (χ2n) is 5.53. The van der Waals surface area contributed by atoms with Gasteiger partial charge < -0.3 is 11.1 Å². The minimum atomic E-state index is 0.859. The minimum absolute atomic E-state index is 0.859. The average molecular weight is 256 g/mol. The molecular formula is C16H36N2. The number of hydrogen-bond acceptors (Lipinski definition) is 2. The Hall–Kier alpha value is -0.0800. The summed E-state index contributed by atoms with van der Waals surface area (Å²) >= 11 is 0. The van der Waals surface area contributed by atoms with Gasteiger partial charge >= 0.3 is 0 Å². The molecule has 2 heteroatoms. The van der Waals surface area contributed by atoms with Gasteiger partial charge in [0.15, 0.2) is 0 Å². The maximum Gasteiger partial charge on any atom is -0.00206 e. The first kappa shape index (κ1) is 17.9. The zero-order valence-electron chi connectivity index (χ0n) is 12.8. The van der Waals surface area contributed by atoms with Gasteiger partial charge in [0.25, 0.3) is 0 Å². The topological polar surface area (TPSA) is 38.0 Å².